The van der Waals surface area contributed by atoms with Crippen LogP contribution in [0.2, 0.25) is 0 Å². The van der Waals surface area contributed by atoms with Crippen molar-refractivity contribution in [2.45, 2.75) is 18.9 Å². The molecule has 1 N–H and O–H groups in total. The van der Waals surface area contributed by atoms with Crippen molar-refractivity contribution in [3.8, 4) is 5.88 Å². The summed E-state index contributed by atoms with van der Waals surface area (Å²) in [6.07, 6.45) is 3.95. The van der Waals surface area contributed by atoms with Crippen molar-refractivity contribution in [1.82, 2.24) is 14.6 Å². The number of nitrogens with one attached hydrogen (secondary N) is 1. The minimum absolute atomic E-state index is 0.0756. The minimum atomic E-state index is -3.34. The van der Waals surface area contributed by atoms with E-state index in [1.165, 1.54) is 23.9 Å². The summed E-state index contributed by atoms with van der Waals surface area (Å²) in [6, 6.07) is 3.13. The first-order valence-corrected chi connectivity index (χ1v) is 9.59. The molecule has 0 aliphatic carbocycles. The fourth-order valence-corrected chi connectivity index (χ4v) is 3.78. The van der Waals surface area contributed by atoms with E-state index in [0.717, 1.165) is 0 Å². The number of sulfonamides is 1. The van der Waals surface area contributed by atoms with E-state index in [0.29, 0.717) is 37.5 Å². The molecule has 9 heteroatoms. The smallest absolute Gasteiger partial charge is 0.252 e. The van der Waals surface area contributed by atoms with Crippen LogP contribution in [0.15, 0.2) is 18.3 Å². The van der Waals surface area contributed by atoms with Gasteiger partial charge in [-0.3, -0.25) is 4.79 Å². The van der Waals surface area contributed by atoms with Gasteiger partial charge in [0.25, 0.3) is 5.91 Å². The molecule has 0 spiro atoms. The Morgan fingerprint density at radius 3 is 2.67 bits per heavy atom. The lowest BCUT2D eigenvalue weighted by Crippen LogP contribution is -2.46. The number of methoxy groups -OCH3 is 1. The first-order chi connectivity index (χ1) is 11.4. The number of hydrogen-bond acceptors (Lipinski definition) is 6. The maximum absolute atomic E-state index is 12.1. The Labute approximate surface area is 142 Å². The quantitative estimate of drug-likeness (QED) is 0.752. The highest BCUT2D eigenvalue weighted by Gasteiger charge is 2.28. The highest BCUT2D eigenvalue weighted by Crippen LogP contribution is 2.17. The van der Waals surface area contributed by atoms with Crippen molar-refractivity contribution < 1.29 is 22.7 Å². The molecule has 2 heterocycles. The van der Waals surface area contributed by atoms with Gasteiger partial charge in [0.15, 0.2) is 0 Å². The zero-order chi connectivity index (χ0) is 17.6. The molecule has 2 rings (SSSR count). The number of ether oxygens (including phenoxy) is 2. The van der Waals surface area contributed by atoms with Gasteiger partial charge in [-0.15, -0.1) is 0 Å². The second-order valence-electron chi connectivity index (χ2n) is 5.56. The van der Waals surface area contributed by atoms with Gasteiger partial charge in [0.2, 0.25) is 15.9 Å². The lowest BCUT2D eigenvalue weighted by molar-refractivity contribution is 0.0585. The van der Waals surface area contributed by atoms with Gasteiger partial charge < -0.3 is 14.8 Å². The van der Waals surface area contributed by atoms with Crippen LogP contribution in [0.3, 0.4) is 0 Å². The zero-order valence-corrected chi connectivity index (χ0v) is 14.7. The number of hydrogen-bond donors (Lipinski definition) is 1. The minimum Gasteiger partial charge on any atom is -0.481 e. The second-order valence-corrected chi connectivity index (χ2v) is 7.50. The number of aromatic nitrogens is 1. The molecule has 0 saturated carbocycles. The normalized spacial score (nSPS) is 16.1. The summed E-state index contributed by atoms with van der Waals surface area (Å²) in [7, 11) is -1.84. The Bertz CT molecular complexity index is 642. The second kappa shape index (κ2) is 8.41. The van der Waals surface area contributed by atoms with Crippen molar-refractivity contribution >= 4 is 15.9 Å². The van der Waals surface area contributed by atoms with E-state index < -0.39 is 10.0 Å². The molecular weight excluding hydrogens is 334 g/mol. The van der Waals surface area contributed by atoms with E-state index in [1.54, 1.807) is 12.1 Å². The van der Waals surface area contributed by atoms with E-state index in [9.17, 15) is 13.2 Å². The van der Waals surface area contributed by atoms with E-state index in [2.05, 4.69) is 10.3 Å². The van der Waals surface area contributed by atoms with Gasteiger partial charge >= 0.3 is 0 Å². The Kier molecular flexibility index (Phi) is 6.52. The third-order valence-electron chi connectivity index (χ3n) is 3.85. The van der Waals surface area contributed by atoms with E-state index in [1.807, 2.05) is 0 Å². The van der Waals surface area contributed by atoms with Crippen LogP contribution in [0.4, 0.5) is 0 Å². The van der Waals surface area contributed by atoms with E-state index >= 15 is 0 Å². The monoisotopic (exact) mass is 357 g/mol. The van der Waals surface area contributed by atoms with Crippen molar-refractivity contribution in [2.24, 2.45) is 0 Å². The average Bonchev–Trinajstić information content (AvgIpc) is 2.58. The SMILES string of the molecule is COc1ccc(C(=O)NCCN(C2CCOCC2)S(C)(=O)=O)cn1. The predicted molar refractivity (Wildman–Crippen MR) is 88.5 cm³/mol. The van der Waals surface area contributed by atoms with E-state index in [4.69, 9.17) is 9.47 Å². The van der Waals surface area contributed by atoms with Gasteiger partial charge in [0.1, 0.15) is 0 Å². The first kappa shape index (κ1) is 18.6. The van der Waals surface area contributed by atoms with Gasteiger partial charge in [0, 0.05) is 44.6 Å². The predicted octanol–water partition coefficient (Wildman–Crippen LogP) is 0.261. The van der Waals surface area contributed by atoms with E-state index in [-0.39, 0.29) is 25.0 Å². The summed E-state index contributed by atoms with van der Waals surface area (Å²) in [5.74, 6) is 0.125. The van der Waals surface area contributed by atoms with Crippen LogP contribution in [0, 0.1) is 0 Å². The van der Waals surface area contributed by atoms with Crippen LogP contribution in [0.1, 0.15) is 23.2 Å². The molecule has 0 atom stereocenters. The molecule has 0 bridgehead atoms. The van der Waals surface area contributed by atoms with Crippen LogP contribution >= 0.6 is 0 Å². The topological polar surface area (TPSA) is 97.8 Å². The molecule has 1 amide bonds. The molecule has 0 unspecified atom stereocenters. The highest BCUT2D eigenvalue weighted by molar-refractivity contribution is 7.88. The fraction of sp³-hybridized carbons (Fsp3) is 0.600. The van der Waals surface area contributed by atoms with Crippen LogP contribution in [0.25, 0.3) is 0 Å². The van der Waals surface area contributed by atoms with Crippen molar-refractivity contribution in [3.63, 3.8) is 0 Å². The maximum atomic E-state index is 12.1. The van der Waals surface area contributed by atoms with Crippen molar-refractivity contribution in [1.29, 1.82) is 0 Å². The summed E-state index contributed by atoms with van der Waals surface area (Å²) in [5.41, 5.74) is 0.396. The highest BCUT2D eigenvalue weighted by atomic mass is 32.2. The Morgan fingerprint density at radius 2 is 2.12 bits per heavy atom. The Hall–Kier alpha value is -1.71. The summed E-state index contributed by atoms with van der Waals surface area (Å²) < 4.78 is 35.7. The van der Waals surface area contributed by atoms with Crippen molar-refractivity contribution in [3.05, 3.63) is 23.9 Å². The van der Waals surface area contributed by atoms with Crippen LogP contribution in [-0.4, -0.2) is 69.3 Å². The van der Waals surface area contributed by atoms with Gasteiger partial charge in [0.05, 0.1) is 18.9 Å². The summed E-state index contributed by atoms with van der Waals surface area (Å²) in [6.45, 7) is 1.58. The fourth-order valence-electron chi connectivity index (χ4n) is 2.61. The molecule has 8 nitrogen and oxygen atoms in total. The third-order valence-corrected chi connectivity index (χ3v) is 5.18. The molecule has 1 aliphatic heterocycles. The maximum Gasteiger partial charge on any atom is 0.252 e. The van der Waals surface area contributed by atoms with Gasteiger partial charge in [-0.2, -0.15) is 4.31 Å². The first-order valence-electron chi connectivity index (χ1n) is 7.74. The molecule has 1 aromatic rings. The molecular formula is C15H23N3O5S. The Morgan fingerprint density at radius 1 is 1.42 bits per heavy atom. The Balaban J connectivity index is 1.90. The van der Waals surface area contributed by atoms with Gasteiger partial charge in [-0.05, 0) is 18.9 Å². The number of carbonyl (C=O) groups is 1. The van der Waals surface area contributed by atoms with Crippen LogP contribution < -0.4 is 10.1 Å². The lowest BCUT2D eigenvalue weighted by Gasteiger charge is -2.32. The molecule has 134 valence electrons. The van der Waals surface area contributed by atoms with Gasteiger partial charge in [-0.25, -0.2) is 13.4 Å². The largest absolute Gasteiger partial charge is 0.481 e. The number of nitrogens with zero attached hydrogens (tertiary/aromatic N) is 2. The third kappa shape index (κ3) is 5.15. The van der Waals surface area contributed by atoms with Crippen LogP contribution in [-0.2, 0) is 14.8 Å². The average molecular weight is 357 g/mol. The summed E-state index contributed by atoms with van der Waals surface area (Å²) in [5, 5.41) is 2.72. The molecule has 1 aromatic heterocycles. The van der Waals surface area contributed by atoms with Gasteiger partial charge in [-0.1, -0.05) is 0 Å². The van der Waals surface area contributed by atoms with Crippen LogP contribution in [0.5, 0.6) is 5.88 Å². The number of pyridine rings is 1. The lowest BCUT2D eigenvalue weighted by atomic mass is 10.1. The zero-order valence-electron chi connectivity index (χ0n) is 13.9. The summed E-state index contributed by atoms with van der Waals surface area (Å²) in [4.78, 5) is 16.0. The molecule has 24 heavy (non-hydrogen) atoms. The summed E-state index contributed by atoms with van der Waals surface area (Å²) >= 11 is 0. The van der Waals surface area contributed by atoms with Crippen molar-refractivity contribution in [2.75, 3.05) is 39.7 Å². The standard InChI is InChI=1S/C15H23N3O5S/c1-22-14-4-3-12(11-17-14)15(19)16-7-8-18(24(2,20)21)13-5-9-23-10-6-13/h3-4,11,13H,5-10H2,1-2H3,(H,16,19). The molecule has 1 fully saturated rings. The number of rotatable bonds is 7. The number of amides is 1. The molecule has 0 radical (unpaired) electrons. The molecule has 1 saturated heterocycles. The molecule has 0 aromatic carbocycles. The number of carbonyl (C=O) groups excluding carboxylic acids is 1. The molecule has 1 aliphatic rings.